The predicted octanol–water partition coefficient (Wildman–Crippen LogP) is 3.19. The Morgan fingerprint density at radius 3 is 2.67 bits per heavy atom. The van der Waals surface area contributed by atoms with Crippen LogP contribution in [0.5, 0.6) is 0 Å². The number of hydrogen-bond acceptors (Lipinski definition) is 4. The number of halogens is 1. The zero-order chi connectivity index (χ0) is 15.5. The molecule has 21 heavy (non-hydrogen) atoms. The van der Waals surface area contributed by atoms with E-state index in [2.05, 4.69) is 10.0 Å². The third kappa shape index (κ3) is 4.26. The summed E-state index contributed by atoms with van der Waals surface area (Å²) in [6.07, 6.45) is 0. The molecule has 0 aliphatic heterocycles. The van der Waals surface area contributed by atoms with Gasteiger partial charge in [-0.15, -0.1) is 11.3 Å². The molecule has 0 unspecified atom stereocenters. The van der Waals surface area contributed by atoms with E-state index in [9.17, 15) is 12.8 Å². The van der Waals surface area contributed by atoms with Crippen LogP contribution in [-0.4, -0.2) is 14.5 Å². The van der Waals surface area contributed by atoms with Crippen molar-refractivity contribution in [2.45, 2.75) is 31.3 Å². The van der Waals surface area contributed by atoms with E-state index in [4.69, 9.17) is 0 Å². The molecular weight excluding hydrogens is 311 g/mol. The van der Waals surface area contributed by atoms with Crippen LogP contribution in [0.15, 0.2) is 40.6 Å². The van der Waals surface area contributed by atoms with Crippen LogP contribution in [0.3, 0.4) is 0 Å². The highest BCUT2D eigenvalue weighted by Gasteiger charge is 2.18. The molecule has 0 bridgehead atoms. The molecule has 0 amide bonds. The summed E-state index contributed by atoms with van der Waals surface area (Å²) in [6.45, 7) is 4.65. The lowest BCUT2D eigenvalue weighted by atomic mass is 10.3. The molecule has 7 heteroatoms. The van der Waals surface area contributed by atoms with Crippen molar-refractivity contribution in [1.82, 2.24) is 5.32 Å². The molecule has 0 aliphatic rings. The van der Waals surface area contributed by atoms with Crippen LogP contribution >= 0.6 is 11.3 Å². The zero-order valence-corrected chi connectivity index (χ0v) is 13.4. The third-order valence-corrected chi connectivity index (χ3v) is 5.17. The van der Waals surface area contributed by atoms with E-state index in [1.165, 1.54) is 29.5 Å². The van der Waals surface area contributed by atoms with Gasteiger partial charge in [0.25, 0.3) is 10.0 Å². The molecule has 0 saturated carbocycles. The van der Waals surface area contributed by atoms with Crippen molar-refractivity contribution in [1.29, 1.82) is 0 Å². The molecule has 2 N–H and O–H groups in total. The van der Waals surface area contributed by atoms with Gasteiger partial charge in [0.05, 0.1) is 10.6 Å². The number of benzene rings is 1. The maximum atomic E-state index is 13.5. The zero-order valence-electron chi connectivity index (χ0n) is 11.8. The summed E-state index contributed by atoms with van der Waals surface area (Å²) >= 11 is 1.36. The standard InChI is InChI=1S/C14H17FN2O2S2/c1-10(2)16-8-11-7-12(9-20-11)21(18,19)17-14-6-4-3-5-13(14)15/h3-7,9-10,16-17H,8H2,1-2H3. The number of para-hydroxylation sites is 1. The van der Waals surface area contributed by atoms with Crippen LogP contribution < -0.4 is 10.0 Å². The van der Waals surface area contributed by atoms with Gasteiger partial charge in [-0.2, -0.15) is 0 Å². The Hall–Kier alpha value is -1.44. The van der Waals surface area contributed by atoms with E-state index in [0.29, 0.717) is 12.6 Å². The number of thiophene rings is 1. The largest absolute Gasteiger partial charge is 0.310 e. The molecule has 1 aromatic carbocycles. The maximum Gasteiger partial charge on any atom is 0.262 e. The number of sulfonamides is 1. The van der Waals surface area contributed by atoms with Gasteiger partial charge >= 0.3 is 0 Å². The Balaban J connectivity index is 2.15. The molecule has 1 aromatic heterocycles. The first-order chi connectivity index (χ1) is 9.88. The minimum Gasteiger partial charge on any atom is -0.310 e. The van der Waals surface area contributed by atoms with Crippen molar-refractivity contribution in [3.8, 4) is 0 Å². The molecule has 1 heterocycles. The van der Waals surface area contributed by atoms with Gasteiger partial charge in [-0.3, -0.25) is 4.72 Å². The lowest BCUT2D eigenvalue weighted by molar-refractivity contribution is 0.591. The fourth-order valence-electron chi connectivity index (χ4n) is 1.65. The van der Waals surface area contributed by atoms with E-state index in [1.807, 2.05) is 13.8 Å². The smallest absolute Gasteiger partial charge is 0.262 e. The summed E-state index contributed by atoms with van der Waals surface area (Å²) in [5.41, 5.74) is -0.0504. The maximum absolute atomic E-state index is 13.5. The van der Waals surface area contributed by atoms with E-state index < -0.39 is 15.8 Å². The molecule has 0 saturated heterocycles. The third-order valence-electron chi connectivity index (χ3n) is 2.74. The second kappa shape index (κ2) is 6.55. The normalized spacial score (nSPS) is 11.8. The highest BCUT2D eigenvalue weighted by Crippen LogP contribution is 2.23. The van der Waals surface area contributed by atoms with E-state index in [-0.39, 0.29) is 10.6 Å². The Labute approximate surface area is 128 Å². The molecule has 0 radical (unpaired) electrons. The molecule has 2 rings (SSSR count). The minimum atomic E-state index is -3.76. The van der Waals surface area contributed by atoms with E-state index >= 15 is 0 Å². The van der Waals surface area contributed by atoms with Crippen LogP contribution in [0.2, 0.25) is 0 Å². The van der Waals surface area contributed by atoms with Gasteiger partial charge in [0.2, 0.25) is 0 Å². The average molecular weight is 328 g/mol. The highest BCUT2D eigenvalue weighted by atomic mass is 32.2. The number of hydrogen-bond donors (Lipinski definition) is 2. The van der Waals surface area contributed by atoms with Crippen molar-refractivity contribution in [3.05, 3.63) is 46.4 Å². The van der Waals surface area contributed by atoms with Gasteiger partial charge in [0, 0.05) is 22.8 Å². The molecule has 0 aliphatic carbocycles. The van der Waals surface area contributed by atoms with E-state index in [0.717, 1.165) is 4.88 Å². The topological polar surface area (TPSA) is 58.2 Å². The first kappa shape index (κ1) is 15.9. The molecule has 2 aromatic rings. The number of rotatable bonds is 6. The predicted molar refractivity (Wildman–Crippen MR) is 83.5 cm³/mol. The molecule has 0 atom stereocenters. The Kier molecular flexibility index (Phi) is 4.97. The first-order valence-corrected chi connectivity index (χ1v) is 8.83. The van der Waals surface area contributed by atoms with Crippen LogP contribution in [-0.2, 0) is 16.6 Å². The average Bonchev–Trinajstić information content (AvgIpc) is 2.88. The molecule has 0 spiro atoms. The van der Waals surface area contributed by atoms with Gasteiger partial charge < -0.3 is 5.32 Å². The molecule has 0 fully saturated rings. The van der Waals surface area contributed by atoms with Gasteiger partial charge in [0.15, 0.2) is 0 Å². The number of anilines is 1. The fourth-order valence-corrected chi connectivity index (χ4v) is 3.94. The summed E-state index contributed by atoms with van der Waals surface area (Å²) in [4.78, 5) is 1.06. The van der Waals surface area contributed by atoms with Crippen molar-refractivity contribution in [2.24, 2.45) is 0 Å². The molecule has 4 nitrogen and oxygen atoms in total. The second-order valence-corrected chi connectivity index (χ2v) is 7.55. The van der Waals surface area contributed by atoms with Crippen LogP contribution in [0.25, 0.3) is 0 Å². The van der Waals surface area contributed by atoms with Crippen molar-refractivity contribution in [2.75, 3.05) is 4.72 Å². The molecular formula is C14H17FN2O2S2. The SMILES string of the molecule is CC(C)NCc1cc(S(=O)(=O)Nc2ccccc2F)cs1. The van der Waals surface area contributed by atoms with Gasteiger partial charge in [-0.25, -0.2) is 12.8 Å². The highest BCUT2D eigenvalue weighted by molar-refractivity contribution is 7.92. The minimum absolute atomic E-state index is 0.0504. The summed E-state index contributed by atoms with van der Waals surface area (Å²) in [5.74, 6) is -0.599. The van der Waals surface area contributed by atoms with Crippen LogP contribution in [0.4, 0.5) is 10.1 Å². The summed E-state index contributed by atoms with van der Waals surface area (Å²) in [6, 6.07) is 7.61. The first-order valence-electron chi connectivity index (χ1n) is 6.46. The monoisotopic (exact) mass is 328 g/mol. The van der Waals surface area contributed by atoms with Gasteiger partial charge in [-0.05, 0) is 18.2 Å². The van der Waals surface area contributed by atoms with E-state index in [1.54, 1.807) is 17.5 Å². The van der Waals surface area contributed by atoms with Crippen molar-refractivity contribution in [3.63, 3.8) is 0 Å². The Bertz CT molecular complexity index is 711. The Morgan fingerprint density at radius 2 is 2.00 bits per heavy atom. The van der Waals surface area contributed by atoms with Crippen molar-refractivity contribution < 1.29 is 12.8 Å². The lowest BCUT2D eigenvalue weighted by Crippen LogP contribution is -2.21. The second-order valence-electron chi connectivity index (χ2n) is 4.87. The van der Waals surface area contributed by atoms with Gasteiger partial charge in [-0.1, -0.05) is 26.0 Å². The quantitative estimate of drug-likeness (QED) is 0.856. The van der Waals surface area contributed by atoms with Gasteiger partial charge in [0.1, 0.15) is 5.82 Å². The molecule has 114 valence electrons. The lowest BCUT2D eigenvalue weighted by Gasteiger charge is -2.07. The van der Waals surface area contributed by atoms with Crippen LogP contribution in [0.1, 0.15) is 18.7 Å². The fraction of sp³-hybridized carbons (Fsp3) is 0.286. The Morgan fingerprint density at radius 1 is 1.29 bits per heavy atom. The number of nitrogens with one attached hydrogen (secondary N) is 2. The summed E-state index contributed by atoms with van der Waals surface area (Å²) in [7, 11) is -3.76. The summed E-state index contributed by atoms with van der Waals surface area (Å²) < 4.78 is 40.2. The van der Waals surface area contributed by atoms with Crippen molar-refractivity contribution >= 4 is 27.0 Å². The summed E-state index contributed by atoms with van der Waals surface area (Å²) in [5, 5.41) is 4.78. The van der Waals surface area contributed by atoms with Crippen LogP contribution in [0, 0.1) is 5.82 Å².